The zero-order valence-electron chi connectivity index (χ0n) is 24.6. The molecule has 0 aliphatic heterocycles. The molecule has 2 aromatic heterocycles. The van der Waals surface area contributed by atoms with Crippen LogP contribution in [0, 0.1) is 13.8 Å². The Hall–Kier alpha value is -4.12. The first-order valence-corrected chi connectivity index (χ1v) is 14.6. The Balaban J connectivity index is 1.41. The molecule has 0 radical (unpaired) electrons. The summed E-state index contributed by atoms with van der Waals surface area (Å²) in [5.41, 5.74) is 4.35. The number of carbonyl (C=O) groups excluding carboxylic acids is 1. The molecule has 43 heavy (non-hydrogen) atoms. The van der Waals surface area contributed by atoms with Gasteiger partial charge in [0.2, 0.25) is 5.88 Å². The van der Waals surface area contributed by atoms with Crippen molar-refractivity contribution in [1.29, 1.82) is 0 Å². The number of methoxy groups -OCH3 is 1. The summed E-state index contributed by atoms with van der Waals surface area (Å²) in [7, 11) is 3.07. The molecule has 11 heteroatoms. The van der Waals surface area contributed by atoms with Crippen LogP contribution in [-0.4, -0.2) is 50.0 Å². The first kappa shape index (κ1) is 30.3. The molecule has 1 amide bonds. The lowest BCUT2D eigenvalue weighted by Gasteiger charge is -2.28. The number of hydrogen-bond acceptors (Lipinski definition) is 8. The Morgan fingerprint density at radius 1 is 1.05 bits per heavy atom. The third-order valence-electron chi connectivity index (χ3n) is 7.84. The Morgan fingerprint density at radius 2 is 1.77 bits per heavy atom. The van der Waals surface area contributed by atoms with E-state index < -0.39 is 11.5 Å². The lowest BCUT2D eigenvalue weighted by Crippen LogP contribution is -2.41. The Bertz CT molecular complexity index is 1720. The van der Waals surface area contributed by atoms with Crippen LogP contribution in [0.4, 0.5) is 5.69 Å². The second kappa shape index (κ2) is 13.0. The number of anilines is 1. The minimum Gasteiger partial charge on any atom is -0.481 e. The van der Waals surface area contributed by atoms with E-state index in [9.17, 15) is 14.7 Å². The van der Waals surface area contributed by atoms with E-state index in [1.54, 1.807) is 20.1 Å². The van der Waals surface area contributed by atoms with Crippen LogP contribution in [-0.2, 0) is 13.6 Å². The molecule has 1 aliphatic rings. The van der Waals surface area contributed by atoms with Gasteiger partial charge < -0.3 is 20.5 Å². The van der Waals surface area contributed by atoms with E-state index in [1.165, 1.54) is 7.05 Å². The van der Waals surface area contributed by atoms with E-state index in [4.69, 9.17) is 21.3 Å². The lowest BCUT2D eigenvalue weighted by molar-refractivity contribution is 0.0901. The fourth-order valence-electron chi connectivity index (χ4n) is 5.50. The van der Waals surface area contributed by atoms with Crippen molar-refractivity contribution >= 4 is 23.2 Å². The highest BCUT2D eigenvalue weighted by Gasteiger charge is 2.23. The fraction of sp³-hybridized carbons (Fsp3) is 0.344. The van der Waals surface area contributed by atoms with Crippen LogP contribution in [0.2, 0.25) is 5.02 Å². The minimum absolute atomic E-state index is 0.0588. The van der Waals surface area contributed by atoms with Gasteiger partial charge in [0, 0.05) is 42.0 Å². The smallest absolute Gasteiger partial charge is 0.298 e. The van der Waals surface area contributed by atoms with Gasteiger partial charge in [-0.15, -0.1) is 0 Å². The van der Waals surface area contributed by atoms with Gasteiger partial charge in [-0.2, -0.15) is 5.10 Å². The third kappa shape index (κ3) is 6.46. The molecule has 2 atom stereocenters. The number of aryl methyl sites for hydroxylation is 2. The molecule has 10 nitrogen and oxygen atoms in total. The summed E-state index contributed by atoms with van der Waals surface area (Å²) in [6, 6.07) is 15.2. The van der Waals surface area contributed by atoms with Gasteiger partial charge in [0.15, 0.2) is 5.69 Å². The summed E-state index contributed by atoms with van der Waals surface area (Å²) in [4.78, 5) is 34.3. The Labute approximate surface area is 255 Å². The maximum absolute atomic E-state index is 13.0. The van der Waals surface area contributed by atoms with E-state index in [-0.39, 0.29) is 17.8 Å². The number of benzene rings is 2. The molecule has 0 saturated heterocycles. The van der Waals surface area contributed by atoms with Crippen LogP contribution in [0.3, 0.4) is 0 Å². The molecule has 3 N–H and O–H groups in total. The molecule has 2 heterocycles. The number of rotatable bonds is 8. The fourth-order valence-corrected chi connectivity index (χ4v) is 5.82. The molecule has 0 spiro atoms. The average Bonchev–Trinajstić information content (AvgIpc) is 3.00. The van der Waals surface area contributed by atoms with Crippen LogP contribution in [0.1, 0.15) is 53.1 Å². The summed E-state index contributed by atoms with van der Waals surface area (Å²) in [5, 5.41) is 21.1. The van der Waals surface area contributed by atoms with Crippen molar-refractivity contribution < 1.29 is 14.6 Å². The summed E-state index contributed by atoms with van der Waals surface area (Å²) < 4.78 is 6.73. The first-order chi connectivity index (χ1) is 20.7. The third-order valence-corrected chi connectivity index (χ3v) is 8.25. The maximum Gasteiger partial charge on any atom is 0.298 e. The molecular formula is C32H35ClN6O4. The Morgan fingerprint density at radius 3 is 2.53 bits per heavy atom. The van der Waals surface area contributed by atoms with Gasteiger partial charge in [-0.3, -0.25) is 9.59 Å². The van der Waals surface area contributed by atoms with Crippen LogP contribution in [0.5, 0.6) is 5.88 Å². The van der Waals surface area contributed by atoms with Crippen molar-refractivity contribution in [2.24, 2.45) is 7.05 Å². The van der Waals surface area contributed by atoms with Crippen molar-refractivity contribution in [3.8, 4) is 28.3 Å². The van der Waals surface area contributed by atoms with Crippen molar-refractivity contribution in [3.05, 3.63) is 86.6 Å². The number of halogens is 1. The van der Waals surface area contributed by atoms with E-state index in [1.807, 2.05) is 49.4 Å². The molecule has 224 valence electrons. The molecule has 5 rings (SSSR count). The second-order valence-corrected chi connectivity index (χ2v) is 11.1. The van der Waals surface area contributed by atoms with E-state index in [0.29, 0.717) is 34.7 Å². The zero-order chi connectivity index (χ0) is 30.7. The van der Waals surface area contributed by atoms with Gasteiger partial charge in [-0.05, 0) is 49.9 Å². The van der Waals surface area contributed by atoms with Gasteiger partial charge in [0.05, 0.1) is 23.9 Å². The van der Waals surface area contributed by atoms with Gasteiger partial charge in [-0.1, -0.05) is 60.8 Å². The summed E-state index contributed by atoms with van der Waals surface area (Å²) in [6.45, 7) is 4.03. The number of pyridine rings is 1. The number of hydrogen-bond donors (Lipinski definition) is 3. The quantitative estimate of drug-likeness (QED) is 0.261. The van der Waals surface area contributed by atoms with Crippen molar-refractivity contribution in [3.63, 3.8) is 0 Å². The van der Waals surface area contributed by atoms with Crippen LogP contribution < -0.4 is 20.9 Å². The SMILES string of the molecule is COc1nc(-c2cccc(-c3cccc(NC(=O)c4nc(C)nn(C)c4=O)c3C)c2Cl)ccc1CNC1CCCCC1O. The van der Waals surface area contributed by atoms with Crippen molar-refractivity contribution in [2.45, 2.75) is 58.2 Å². The number of carbonyl (C=O) groups is 1. The van der Waals surface area contributed by atoms with Gasteiger partial charge in [-0.25, -0.2) is 14.6 Å². The molecule has 1 fully saturated rings. The number of amides is 1. The largest absolute Gasteiger partial charge is 0.481 e. The summed E-state index contributed by atoms with van der Waals surface area (Å²) in [6.07, 6.45) is 3.58. The predicted octanol–water partition coefficient (Wildman–Crippen LogP) is 4.83. The first-order valence-electron chi connectivity index (χ1n) is 14.3. The normalized spacial score (nSPS) is 16.6. The van der Waals surface area contributed by atoms with E-state index >= 15 is 0 Å². The summed E-state index contributed by atoms with van der Waals surface area (Å²) >= 11 is 7.00. The van der Waals surface area contributed by atoms with Crippen molar-refractivity contribution in [2.75, 3.05) is 12.4 Å². The van der Waals surface area contributed by atoms with E-state index in [0.717, 1.165) is 58.2 Å². The van der Waals surface area contributed by atoms with Crippen LogP contribution in [0.25, 0.3) is 22.4 Å². The van der Waals surface area contributed by atoms with Crippen LogP contribution >= 0.6 is 11.6 Å². The average molecular weight is 603 g/mol. The minimum atomic E-state index is -0.616. The monoisotopic (exact) mass is 602 g/mol. The number of nitrogens with one attached hydrogen (secondary N) is 2. The molecule has 1 aliphatic carbocycles. The maximum atomic E-state index is 13.0. The predicted molar refractivity (Wildman–Crippen MR) is 166 cm³/mol. The highest BCUT2D eigenvalue weighted by molar-refractivity contribution is 6.36. The van der Waals surface area contributed by atoms with E-state index in [2.05, 4.69) is 20.7 Å². The van der Waals surface area contributed by atoms with Gasteiger partial charge in [0.25, 0.3) is 11.5 Å². The topological polar surface area (TPSA) is 131 Å². The second-order valence-electron chi connectivity index (χ2n) is 10.7. The molecule has 2 aromatic carbocycles. The van der Waals surface area contributed by atoms with Gasteiger partial charge >= 0.3 is 0 Å². The standard InChI is InChI=1S/C32H35ClN6O4/c1-18-21(9-8-13-24(18)36-30(41)29-32(42)39(3)38-19(2)35-29)22-10-7-11-23(28(22)33)25-16-15-20(31(37-25)43-4)17-34-26-12-5-6-14-27(26)40/h7-11,13,15-16,26-27,34,40H,5-6,12,14,17H2,1-4H3,(H,36,41). The molecular weight excluding hydrogens is 568 g/mol. The molecule has 2 unspecified atom stereocenters. The number of aliphatic hydroxyl groups is 1. The summed E-state index contributed by atoms with van der Waals surface area (Å²) in [5.74, 6) is 0.192. The van der Waals surface area contributed by atoms with Gasteiger partial charge in [0.1, 0.15) is 5.82 Å². The molecule has 0 bridgehead atoms. The number of aromatic nitrogens is 4. The Kier molecular flexibility index (Phi) is 9.19. The number of nitrogens with zero attached hydrogens (tertiary/aromatic N) is 4. The lowest BCUT2D eigenvalue weighted by atomic mass is 9.92. The number of aliphatic hydroxyl groups excluding tert-OH is 1. The van der Waals surface area contributed by atoms with Crippen molar-refractivity contribution in [1.82, 2.24) is 25.1 Å². The zero-order valence-corrected chi connectivity index (χ0v) is 25.4. The number of ether oxygens (including phenoxy) is 1. The molecule has 4 aromatic rings. The highest BCUT2D eigenvalue weighted by Crippen LogP contribution is 2.39. The molecule has 1 saturated carbocycles. The highest BCUT2D eigenvalue weighted by atomic mass is 35.5. The van der Waals surface area contributed by atoms with Crippen LogP contribution in [0.15, 0.2) is 53.3 Å².